The van der Waals surface area contributed by atoms with Gasteiger partial charge in [-0.3, -0.25) is 14.5 Å². The molecule has 3 heterocycles. The van der Waals surface area contributed by atoms with Crippen LogP contribution in [0.2, 0.25) is 0 Å². The standard InChI is InChI=1S/C51H50N6O7/c58-44-20-18-42(43-19-21-46(60)56-47(43)44)45(59)31-52-29-34-14-16-37(17-15-34)49(61)54-30-41-22-25-53-48(55-41)38-10-7-13-40(28-38)51(63,39-11-5-2-6-12-39)50(62)64-33-36-23-26-57(27-24-36)32-35-8-3-1-4-9-35/h1-22,25,28,36,45,52,58-59,63H,23-24,26-27,29-33H2,(H,54,61)(H,56,60). The van der Waals surface area contributed by atoms with Crippen LogP contribution in [0.4, 0.5) is 0 Å². The van der Waals surface area contributed by atoms with Crippen LogP contribution < -0.4 is 16.2 Å². The van der Waals surface area contributed by atoms with Gasteiger partial charge in [-0.1, -0.05) is 97.1 Å². The van der Waals surface area contributed by atoms with Gasteiger partial charge in [-0.15, -0.1) is 0 Å². The number of hydrogen-bond acceptors (Lipinski definition) is 11. The number of fused-ring (bicyclic) bond motifs is 1. The van der Waals surface area contributed by atoms with Crippen LogP contribution in [0.25, 0.3) is 22.3 Å². The van der Waals surface area contributed by atoms with Crippen molar-refractivity contribution in [3.05, 3.63) is 195 Å². The number of aromatic amines is 1. The summed E-state index contributed by atoms with van der Waals surface area (Å²) < 4.78 is 5.92. The Bertz CT molecular complexity index is 2760. The maximum atomic E-state index is 14.0. The molecule has 326 valence electrons. The molecule has 5 aromatic carbocycles. The number of amides is 1. The normalized spacial score (nSPS) is 14.7. The van der Waals surface area contributed by atoms with E-state index in [2.05, 4.69) is 49.8 Å². The van der Waals surface area contributed by atoms with Crippen LogP contribution in [0, 0.1) is 5.92 Å². The minimum atomic E-state index is -2.09. The average molecular weight is 859 g/mol. The number of carbonyl (C=O) groups is 2. The summed E-state index contributed by atoms with van der Waals surface area (Å²) in [7, 11) is 0. The fraction of sp³-hybridized carbons (Fsp3) is 0.235. The lowest BCUT2D eigenvalue weighted by Gasteiger charge is -2.33. The van der Waals surface area contributed by atoms with Crippen molar-refractivity contribution in [2.24, 2.45) is 5.92 Å². The second kappa shape index (κ2) is 20.0. The lowest BCUT2D eigenvalue weighted by molar-refractivity contribution is -0.164. The first kappa shape index (κ1) is 43.6. The van der Waals surface area contributed by atoms with Gasteiger partial charge in [-0.05, 0) is 90.5 Å². The van der Waals surface area contributed by atoms with Crippen LogP contribution in [0.3, 0.4) is 0 Å². The van der Waals surface area contributed by atoms with Gasteiger partial charge in [0.1, 0.15) is 5.75 Å². The molecule has 0 saturated carbocycles. The molecule has 1 fully saturated rings. The number of rotatable bonds is 16. The predicted molar refractivity (Wildman–Crippen MR) is 243 cm³/mol. The SMILES string of the molecule is O=C(NCc1ccnc(-c2cccc(C(O)(C(=O)OCC3CCN(Cc4ccccc4)CC3)c3ccccc3)c2)n1)c1ccc(CNCC(O)c2ccc(O)c3[nH]c(=O)ccc23)cc1. The number of nitrogens with one attached hydrogen (secondary N) is 3. The number of aromatic hydroxyl groups is 1. The highest BCUT2D eigenvalue weighted by Gasteiger charge is 2.42. The summed E-state index contributed by atoms with van der Waals surface area (Å²) in [6.07, 6.45) is 2.48. The molecule has 7 aromatic rings. The number of esters is 1. The Kier molecular flexibility index (Phi) is 13.6. The molecule has 0 aliphatic carbocycles. The molecule has 1 amide bonds. The molecular formula is C51H50N6O7. The van der Waals surface area contributed by atoms with Crippen molar-refractivity contribution >= 4 is 22.8 Å². The van der Waals surface area contributed by atoms with E-state index in [-0.39, 0.29) is 48.3 Å². The van der Waals surface area contributed by atoms with Crippen molar-refractivity contribution in [1.29, 1.82) is 0 Å². The zero-order chi connectivity index (χ0) is 44.5. The van der Waals surface area contributed by atoms with Gasteiger partial charge >= 0.3 is 5.97 Å². The second-order valence-electron chi connectivity index (χ2n) is 16.1. The van der Waals surface area contributed by atoms with Crippen molar-refractivity contribution in [3.8, 4) is 17.1 Å². The smallest absolute Gasteiger partial charge is 0.347 e. The molecule has 8 rings (SSSR count). The van der Waals surface area contributed by atoms with Crippen LogP contribution in [0.5, 0.6) is 5.75 Å². The van der Waals surface area contributed by atoms with Crippen LogP contribution in [0.15, 0.2) is 151 Å². The molecule has 13 nitrogen and oxygen atoms in total. The molecule has 13 heteroatoms. The van der Waals surface area contributed by atoms with Crippen LogP contribution in [-0.2, 0) is 34.8 Å². The predicted octanol–water partition coefficient (Wildman–Crippen LogP) is 6.14. The number of aromatic nitrogens is 3. The van der Waals surface area contributed by atoms with Crippen molar-refractivity contribution in [1.82, 2.24) is 30.5 Å². The van der Waals surface area contributed by atoms with Crippen LogP contribution >= 0.6 is 0 Å². The zero-order valence-electron chi connectivity index (χ0n) is 35.2. The number of pyridine rings is 1. The lowest BCUT2D eigenvalue weighted by atomic mass is 9.85. The fourth-order valence-electron chi connectivity index (χ4n) is 8.11. The Morgan fingerprint density at radius 2 is 1.56 bits per heavy atom. The molecule has 64 heavy (non-hydrogen) atoms. The number of piperidine rings is 1. The number of likely N-dealkylation sites (tertiary alicyclic amines) is 1. The van der Waals surface area contributed by atoms with E-state index in [1.165, 1.54) is 17.7 Å². The third-order valence-electron chi connectivity index (χ3n) is 11.7. The van der Waals surface area contributed by atoms with Crippen molar-refractivity contribution < 1.29 is 29.6 Å². The van der Waals surface area contributed by atoms with E-state index in [1.807, 2.05) is 24.3 Å². The Balaban J connectivity index is 0.864. The summed E-state index contributed by atoms with van der Waals surface area (Å²) in [5.74, 6) is -0.572. The molecular weight excluding hydrogens is 809 g/mol. The topological polar surface area (TPSA) is 190 Å². The molecule has 6 N–H and O–H groups in total. The van der Waals surface area contributed by atoms with Gasteiger partial charge in [0.05, 0.1) is 30.5 Å². The maximum absolute atomic E-state index is 14.0. The Hall–Kier alpha value is -7.03. The number of carbonyl (C=O) groups excluding carboxylic acids is 2. The molecule has 1 aliphatic heterocycles. The number of aliphatic hydroxyl groups is 2. The lowest BCUT2D eigenvalue weighted by Crippen LogP contribution is -2.40. The molecule has 1 aliphatic rings. The Morgan fingerprint density at radius 1 is 0.828 bits per heavy atom. The number of H-pyrrole nitrogens is 1. The molecule has 2 unspecified atom stereocenters. The summed E-state index contributed by atoms with van der Waals surface area (Å²) in [6, 6.07) is 40.9. The quantitative estimate of drug-likeness (QED) is 0.0613. The maximum Gasteiger partial charge on any atom is 0.347 e. The van der Waals surface area contributed by atoms with E-state index in [0.717, 1.165) is 38.0 Å². The average Bonchev–Trinajstić information content (AvgIpc) is 3.34. The second-order valence-corrected chi connectivity index (χ2v) is 16.1. The first-order chi connectivity index (χ1) is 31.1. The van der Waals surface area contributed by atoms with Gasteiger partial charge in [-0.25, -0.2) is 14.8 Å². The summed E-state index contributed by atoms with van der Waals surface area (Å²) in [5, 5.41) is 40.0. The molecule has 2 atom stereocenters. The van der Waals surface area contributed by atoms with Crippen LogP contribution in [0.1, 0.15) is 62.8 Å². The molecule has 0 radical (unpaired) electrons. The highest BCUT2D eigenvalue weighted by Crippen LogP contribution is 2.34. The number of benzene rings is 5. The summed E-state index contributed by atoms with van der Waals surface area (Å²) in [4.78, 5) is 53.1. The highest BCUT2D eigenvalue weighted by molar-refractivity contribution is 5.94. The van der Waals surface area contributed by atoms with E-state index in [9.17, 15) is 29.7 Å². The van der Waals surface area contributed by atoms with Crippen molar-refractivity contribution in [2.75, 3.05) is 26.2 Å². The Morgan fingerprint density at radius 3 is 2.33 bits per heavy atom. The molecule has 0 spiro atoms. The number of hydrogen-bond donors (Lipinski definition) is 6. The first-order valence-corrected chi connectivity index (χ1v) is 21.4. The van der Waals surface area contributed by atoms with Gasteiger partial charge in [0.25, 0.3) is 5.91 Å². The number of phenolic OH excluding ortho intramolecular Hbond substituents is 1. The number of phenols is 1. The van der Waals surface area contributed by atoms with E-state index < -0.39 is 17.7 Å². The number of ether oxygens (including phenoxy) is 1. The summed E-state index contributed by atoms with van der Waals surface area (Å²) >= 11 is 0. The molecule has 1 saturated heterocycles. The zero-order valence-corrected chi connectivity index (χ0v) is 35.2. The van der Waals surface area contributed by atoms with Crippen LogP contribution in [-0.4, -0.2) is 73.3 Å². The fourth-order valence-corrected chi connectivity index (χ4v) is 8.11. The van der Waals surface area contributed by atoms with Gasteiger partial charge < -0.3 is 35.7 Å². The number of nitrogens with zero attached hydrogens (tertiary/aromatic N) is 3. The Labute approximate surface area is 370 Å². The number of aliphatic hydroxyl groups excluding tert-OH is 1. The highest BCUT2D eigenvalue weighted by atomic mass is 16.5. The summed E-state index contributed by atoms with van der Waals surface area (Å²) in [5.41, 5.74) is 2.87. The van der Waals surface area contributed by atoms with E-state index in [4.69, 9.17) is 9.72 Å². The van der Waals surface area contributed by atoms with Gasteiger partial charge in [-0.2, -0.15) is 0 Å². The van der Waals surface area contributed by atoms with E-state index in [0.29, 0.717) is 51.3 Å². The minimum Gasteiger partial charge on any atom is -0.506 e. The largest absolute Gasteiger partial charge is 0.506 e. The van der Waals surface area contributed by atoms with Gasteiger partial charge in [0.15, 0.2) is 5.82 Å². The van der Waals surface area contributed by atoms with E-state index >= 15 is 0 Å². The first-order valence-electron chi connectivity index (χ1n) is 21.4. The third kappa shape index (κ3) is 10.3. The minimum absolute atomic E-state index is 0.0730. The molecule has 2 aromatic heterocycles. The molecule has 0 bridgehead atoms. The van der Waals surface area contributed by atoms with Crippen molar-refractivity contribution in [3.63, 3.8) is 0 Å². The third-order valence-corrected chi connectivity index (χ3v) is 11.7. The van der Waals surface area contributed by atoms with Crippen molar-refractivity contribution in [2.45, 2.75) is 44.2 Å². The monoisotopic (exact) mass is 858 g/mol. The van der Waals surface area contributed by atoms with E-state index in [1.54, 1.807) is 85.1 Å². The van der Waals surface area contributed by atoms with Gasteiger partial charge in [0, 0.05) is 54.0 Å². The summed E-state index contributed by atoms with van der Waals surface area (Å²) in [6.45, 7) is 3.67. The van der Waals surface area contributed by atoms with Gasteiger partial charge in [0.2, 0.25) is 11.2 Å².